The topological polar surface area (TPSA) is 67.5 Å². The number of H-pyrrole nitrogens is 1. The number of imidazole rings is 1. The van der Waals surface area contributed by atoms with Gasteiger partial charge in [0.1, 0.15) is 17.3 Å². The third-order valence-electron chi connectivity index (χ3n) is 4.89. The molecule has 6 heteroatoms. The third kappa shape index (κ3) is 3.71. The fourth-order valence-electron chi connectivity index (χ4n) is 3.40. The highest BCUT2D eigenvalue weighted by Crippen LogP contribution is 2.24. The normalized spacial score (nSPS) is 14.3. The van der Waals surface area contributed by atoms with Crippen molar-refractivity contribution in [3.63, 3.8) is 0 Å². The number of aromatic nitrogens is 2. The Morgan fingerprint density at radius 3 is 2.71 bits per heavy atom. The van der Waals surface area contributed by atoms with Crippen LogP contribution in [0.3, 0.4) is 0 Å². The Morgan fingerprint density at radius 2 is 1.93 bits per heavy atom. The zero-order chi connectivity index (χ0) is 19.5. The number of nitrogens with one attached hydrogen (secondary N) is 1. The van der Waals surface area contributed by atoms with Gasteiger partial charge in [0.15, 0.2) is 6.10 Å². The van der Waals surface area contributed by atoms with Gasteiger partial charge < -0.3 is 19.4 Å². The van der Waals surface area contributed by atoms with Gasteiger partial charge in [0, 0.05) is 24.6 Å². The molecule has 0 saturated heterocycles. The van der Waals surface area contributed by atoms with E-state index < -0.39 is 6.10 Å². The Labute approximate surface area is 164 Å². The molecule has 0 bridgehead atoms. The van der Waals surface area contributed by atoms with Gasteiger partial charge in [0.25, 0.3) is 5.91 Å². The fourth-order valence-corrected chi connectivity index (χ4v) is 3.40. The maximum Gasteiger partial charge on any atom is 0.263 e. The molecule has 1 amide bonds. The Hall–Kier alpha value is -3.28. The molecule has 6 nitrogen and oxygen atoms in total. The number of aromatic amines is 1. The summed E-state index contributed by atoms with van der Waals surface area (Å²) in [6.07, 6.45) is 0.154. The molecule has 1 aliphatic heterocycles. The van der Waals surface area contributed by atoms with E-state index in [-0.39, 0.29) is 5.91 Å². The minimum absolute atomic E-state index is 0.0377. The molecule has 28 heavy (non-hydrogen) atoms. The smallest absolute Gasteiger partial charge is 0.263 e. The van der Waals surface area contributed by atoms with Gasteiger partial charge >= 0.3 is 0 Å². The number of rotatable bonds is 5. The molecule has 1 aromatic heterocycles. The van der Waals surface area contributed by atoms with E-state index in [4.69, 9.17) is 14.5 Å². The molecule has 0 spiro atoms. The highest BCUT2D eigenvalue weighted by molar-refractivity contribution is 5.81. The first-order valence-electron chi connectivity index (χ1n) is 9.36. The second-order valence-electron chi connectivity index (χ2n) is 6.83. The summed E-state index contributed by atoms with van der Waals surface area (Å²) in [5, 5.41) is 0. The van der Waals surface area contributed by atoms with Crippen LogP contribution in [0.2, 0.25) is 0 Å². The second kappa shape index (κ2) is 7.76. The Kier molecular flexibility index (Phi) is 5.02. The van der Waals surface area contributed by atoms with Gasteiger partial charge in [0.2, 0.25) is 0 Å². The number of nitrogens with zero attached hydrogens (tertiary/aromatic N) is 2. The molecule has 0 aliphatic carbocycles. The van der Waals surface area contributed by atoms with E-state index in [9.17, 15) is 4.79 Å². The highest BCUT2D eigenvalue weighted by atomic mass is 16.5. The van der Waals surface area contributed by atoms with Crippen LogP contribution in [-0.4, -0.2) is 40.5 Å². The summed E-state index contributed by atoms with van der Waals surface area (Å²) >= 11 is 0. The van der Waals surface area contributed by atoms with Crippen molar-refractivity contribution < 1.29 is 14.3 Å². The lowest BCUT2D eigenvalue weighted by atomic mass is 10.1. The molecular weight excluding hydrogens is 354 g/mol. The highest BCUT2D eigenvalue weighted by Gasteiger charge is 2.28. The lowest BCUT2D eigenvalue weighted by molar-refractivity contribution is -0.139. The number of benzene rings is 2. The number of hydrogen-bond donors (Lipinski definition) is 1. The van der Waals surface area contributed by atoms with Gasteiger partial charge in [-0.1, -0.05) is 36.4 Å². The molecule has 144 valence electrons. The largest absolute Gasteiger partial charge is 0.497 e. The quantitative estimate of drug-likeness (QED) is 0.740. The molecule has 1 N–H and O–H groups in total. The number of fused-ring (bicyclic) bond motifs is 1. The average Bonchev–Trinajstić information content (AvgIpc) is 3.17. The Morgan fingerprint density at radius 1 is 1.14 bits per heavy atom. The van der Waals surface area contributed by atoms with Crippen molar-refractivity contribution in [1.29, 1.82) is 0 Å². The maximum absolute atomic E-state index is 12.9. The van der Waals surface area contributed by atoms with E-state index in [2.05, 4.69) is 4.98 Å². The molecule has 0 radical (unpaired) electrons. The molecule has 0 unspecified atom stereocenters. The fraction of sp³-hybridized carbons (Fsp3) is 0.273. The van der Waals surface area contributed by atoms with E-state index in [0.29, 0.717) is 24.6 Å². The van der Waals surface area contributed by atoms with Gasteiger partial charge in [0.05, 0.1) is 25.0 Å². The Bertz CT molecular complexity index is 968. The van der Waals surface area contributed by atoms with Crippen molar-refractivity contribution in [3.8, 4) is 22.9 Å². The first kappa shape index (κ1) is 18.1. The van der Waals surface area contributed by atoms with Crippen molar-refractivity contribution >= 4 is 5.91 Å². The van der Waals surface area contributed by atoms with Crippen molar-refractivity contribution in [1.82, 2.24) is 14.9 Å². The summed E-state index contributed by atoms with van der Waals surface area (Å²) in [5.74, 6) is 2.13. The molecular formula is C22H23N3O3. The summed E-state index contributed by atoms with van der Waals surface area (Å²) < 4.78 is 11.0. The molecule has 0 saturated carbocycles. The van der Waals surface area contributed by atoms with E-state index in [1.807, 2.05) is 53.4 Å². The number of hydrogen-bond acceptors (Lipinski definition) is 4. The van der Waals surface area contributed by atoms with Gasteiger partial charge in [-0.3, -0.25) is 4.79 Å². The number of ether oxygens (including phenoxy) is 2. The average molecular weight is 377 g/mol. The van der Waals surface area contributed by atoms with Crippen LogP contribution in [0.4, 0.5) is 0 Å². The van der Waals surface area contributed by atoms with Gasteiger partial charge in [-0.2, -0.15) is 0 Å². The van der Waals surface area contributed by atoms with Crippen LogP contribution in [0.5, 0.6) is 11.5 Å². The first-order valence-corrected chi connectivity index (χ1v) is 9.36. The minimum atomic E-state index is -0.579. The van der Waals surface area contributed by atoms with Crippen molar-refractivity contribution in [3.05, 3.63) is 66.0 Å². The van der Waals surface area contributed by atoms with E-state index in [1.54, 1.807) is 20.1 Å². The lowest BCUT2D eigenvalue weighted by Gasteiger charge is -2.28. The predicted octanol–water partition coefficient (Wildman–Crippen LogP) is 3.44. The molecule has 3 aromatic rings. The summed E-state index contributed by atoms with van der Waals surface area (Å²) in [6.45, 7) is 2.93. The van der Waals surface area contributed by atoms with E-state index in [1.165, 1.54) is 0 Å². The summed E-state index contributed by atoms with van der Waals surface area (Å²) in [7, 11) is 1.60. The zero-order valence-electron chi connectivity index (χ0n) is 16.0. The number of methoxy groups -OCH3 is 1. The standard InChI is InChI=1S/C22H23N3O3/c1-15(28-18-10-6-9-17(13-18)27-2)22(26)25-12-11-19-20(14-25)24-21(23-19)16-7-4-3-5-8-16/h3-10,13,15H,11-12,14H2,1-2H3,(H,23,24)/t15-/m1/s1. The summed E-state index contributed by atoms with van der Waals surface area (Å²) in [5.41, 5.74) is 3.07. The van der Waals surface area contributed by atoms with Crippen molar-refractivity contribution in [2.24, 2.45) is 0 Å². The van der Waals surface area contributed by atoms with Gasteiger partial charge in [-0.15, -0.1) is 0 Å². The SMILES string of the molecule is COc1cccc(O[C@H](C)C(=O)N2CCc3nc(-c4ccccc4)[nH]c3C2)c1. The summed E-state index contributed by atoms with van der Waals surface area (Å²) in [6, 6.07) is 17.3. The zero-order valence-corrected chi connectivity index (χ0v) is 16.0. The minimum Gasteiger partial charge on any atom is -0.497 e. The molecule has 1 atom stereocenters. The van der Waals surface area contributed by atoms with Crippen LogP contribution in [-0.2, 0) is 17.8 Å². The van der Waals surface area contributed by atoms with E-state index >= 15 is 0 Å². The lowest BCUT2D eigenvalue weighted by Crippen LogP contribution is -2.43. The predicted molar refractivity (Wildman–Crippen MR) is 106 cm³/mol. The van der Waals surface area contributed by atoms with Crippen LogP contribution in [0.25, 0.3) is 11.4 Å². The van der Waals surface area contributed by atoms with Crippen LogP contribution >= 0.6 is 0 Å². The van der Waals surface area contributed by atoms with Gasteiger partial charge in [-0.05, 0) is 19.1 Å². The molecule has 1 aliphatic rings. The number of amides is 1. The number of carbonyl (C=O) groups excluding carboxylic acids is 1. The van der Waals surface area contributed by atoms with Crippen molar-refractivity contribution in [2.45, 2.75) is 26.0 Å². The van der Waals surface area contributed by atoms with Crippen LogP contribution in [0.1, 0.15) is 18.3 Å². The van der Waals surface area contributed by atoms with Crippen molar-refractivity contribution in [2.75, 3.05) is 13.7 Å². The monoisotopic (exact) mass is 377 g/mol. The van der Waals surface area contributed by atoms with E-state index in [0.717, 1.165) is 29.2 Å². The Balaban J connectivity index is 1.44. The maximum atomic E-state index is 12.9. The molecule has 4 rings (SSSR count). The van der Waals surface area contributed by atoms with Crippen LogP contribution < -0.4 is 9.47 Å². The molecule has 2 heterocycles. The number of carbonyl (C=O) groups is 1. The molecule has 0 fully saturated rings. The first-order chi connectivity index (χ1) is 13.6. The van der Waals surface area contributed by atoms with Crippen LogP contribution in [0.15, 0.2) is 54.6 Å². The van der Waals surface area contributed by atoms with Gasteiger partial charge in [-0.25, -0.2) is 4.98 Å². The van der Waals surface area contributed by atoms with Crippen LogP contribution in [0, 0.1) is 0 Å². The third-order valence-corrected chi connectivity index (χ3v) is 4.89. The molecule has 2 aromatic carbocycles. The second-order valence-corrected chi connectivity index (χ2v) is 6.83. The summed E-state index contributed by atoms with van der Waals surface area (Å²) in [4.78, 5) is 22.8.